The Morgan fingerprint density at radius 2 is 1.17 bits per heavy atom. The third-order valence-corrected chi connectivity index (χ3v) is 4.95. The van der Waals surface area contributed by atoms with E-state index in [1.165, 1.54) is 6.08 Å². The van der Waals surface area contributed by atoms with Crippen molar-refractivity contribution < 1.29 is 9.59 Å². The number of thiocarbonyl (C=S) groups is 1. The lowest BCUT2D eigenvalue weighted by Gasteiger charge is -2.17. The smallest absolute Gasteiger partial charge is 0.263 e. The van der Waals surface area contributed by atoms with Gasteiger partial charge in [-0.1, -0.05) is 30.3 Å². The van der Waals surface area contributed by atoms with Gasteiger partial charge in [-0.2, -0.15) is 0 Å². The van der Waals surface area contributed by atoms with Crippen LogP contribution in [0.3, 0.4) is 0 Å². The molecule has 154 valence electrons. The van der Waals surface area contributed by atoms with Gasteiger partial charge in [-0.05, 0) is 59.3 Å². The molecule has 1 fully saturated rings. The second-order valence-corrected chi connectivity index (χ2v) is 7.69. The van der Waals surface area contributed by atoms with Gasteiger partial charge in [0, 0.05) is 39.6 Å². The Hall–Kier alpha value is -3.45. The summed E-state index contributed by atoms with van der Waals surface area (Å²) in [4.78, 5) is 28.4. The number of carbonyl (C=O) groups excluding carboxylic acids is 2. The SMILES string of the molecule is CN(C)c1ccc(C(=CC=C2C(=O)NC(=S)NC2=O)c2ccc(N(C)C)cc2)cc1. The number of nitrogens with one attached hydrogen (secondary N) is 2. The monoisotopic (exact) mass is 420 g/mol. The summed E-state index contributed by atoms with van der Waals surface area (Å²) in [7, 11) is 7.95. The molecule has 0 unspecified atom stereocenters. The Labute approximate surface area is 181 Å². The Bertz CT molecular complexity index is 960. The summed E-state index contributed by atoms with van der Waals surface area (Å²) in [5.74, 6) is -1.02. The lowest BCUT2D eigenvalue weighted by atomic mass is 9.96. The van der Waals surface area contributed by atoms with Gasteiger partial charge in [0.15, 0.2) is 5.11 Å². The van der Waals surface area contributed by atoms with Gasteiger partial charge < -0.3 is 9.80 Å². The third-order valence-electron chi connectivity index (χ3n) is 4.75. The predicted octanol–water partition coefficient (Wildman–Crippen LogP) is 2.71. The zero-order chi connectivity index (χ0) is 21.8. The van der Waals surface area contributed by atoms with Crippen molar-refractivity contribution in [2.75, 3.05) is 38.0 Å². The van der Waals surface area contributed by atoms with Gasteiger partial charge in [-0.15, -0.1) is 0 Å². The average molecular weight is 421 g/mol. The van der Waals surface area contributed by atoms with Crippen LogP contribution >= 0.6 is 12.2 Å². The van der Waals surface area contributed by atoms with E-state index in [4.69, 9.17) is 12.2 Å². The fraction of sp³-hybridized carbons (Fsp3) is 0.174. The summed E-state index contributed by atoms with van der Waals surface area (Å²) in [6.45, 7) is 0. The topological polar surface area (TPSA) is 64.7 Å². The number of benzene rings is 2. The largest absolute Gasteiger partial charge is 0.378 e. The van der Waals surface area contributed by atoms with Crippen molar-refractivity contribution in [1.82, 2.24) is 10.6 Å². The minimum absolute atomic E-state index is 0.0101. The maximum absolute atomic E-state index is 12.2. The van der Waals surface area contributed by atoms with Crippen molar-refractivity contribution >= 4 is 46.1 Å². The van der Waals surface area contributed by atoms with Gasteiger partial charge >= 0.3 is 0 Å². The van der Waals surface area contributed by atoms with Gasteiger partial charge in [0.2, 0.25) is 0 Å². The molecule has 30 heavy (non-hydrogen) atoms. The van der Waals surface area contributed by atoms with E-state index >= 15 is 0 Å². The summed E-state index contributed by atoms with van der Waals surface area (Å²) in [5, 5.41) is 4.93. The molecule has 1 heterocycles. The van der Waals surface area contributed by atoms with Gasteiger partial charge in [0.05, 0.1) is 0 Å². The van der Waals surface area contributed by atoms with Crippen LogP contribution in [0.2, 0.25) is 0 Å². The average Bonchev–Trinajstić information content (AvgIpc) is 2.70. The molecule has 0 atom stereocenters. The molecule has 0 bridgehead atoms. The maximum atomic E-state index is 12.2. The van der Waals surface area contributed by atoms with Crippen LogP contribution in [0.4, 0.5) is 11.4 Å². The number of amides is 2. The van der Waals surface area contributed by atoms with Gasteiger partial charge in [-0.3, -0.25) is 20.2 Å². The van der Waals surface area contributed by atoms with Crippen molar-refractivity contribution in [3.63, 3.8) is 0 Å². The Morgan fingerprint density at radius 3 is 1.53 bits per heavy atom. The molecular formula is C23H24N4O2S. The molecule has 0 aliphatic carbocycles. The highest BCUT2D eigenvalue weighted by Gasteiger charge is 2.25. The first-order valence-corrected chi connectivity index (χ1v) is 9.81. The van der Waals surface area contributed by atoms with Crippen LogP contribution in [-0.2, 0) is 9.59 Å². The Balaban J connectivity index is 2.06. The Morgan fingerprint density at radius 1 is 0.767 bits per heavy atom. The highest BCUT2D eigenvalue weighted by atomic mass is 32.1. The summed E-state index contributed by atoms with van der Waals surface area (Å²) >= 11 is 4.85. The lowest BCUT2D eigenvalue weighted by Crippen LogP contribution is -2.51. The number of anilines is 2. The second kappa shape index (κ2) is 8.92. The van der Waals surface area contributed by atoms with Gasteiger partial charge in [0.1, 0.15) is 5.57 Å². The molecule has 7 heteroatoms. The molecular weight excluding hydrogens is 396 g/mol. The minimum Gasteiger partial charge on any atom is -0.378 e. The molecule has 1 aliphatic heterocycles. The fourth-order valence-corrected chi connectivity index (χ4v) is 3.22. The highest BCUT2D eigenvalue weighted by molar-refractivity contribution is 7.80. The molecule has 0 spiro atoms. The van der Waals surface area contributed by atoms with Crippen LogP contribution in [0.15, 0.2) is 66.3 Å². The van der Waals surface area contributed by atoms with Gasteiger partial charge in [-0.25, -0.2) is 0 Å². The summed E-state index contributed by atoms with van der Waals surface area (Å²) in [6.07, 6.45) is 3.32. The van der Waals surface area contributed by atoms with Crippen molar-refractivity contribution in [2.24, 2.45) is 0 Å². The number of hydrogen-bond donors (Lipinski definition) is 2. The number of allylic oxidation sites excluding steroid dienone is 2. The van der Waals surface area contributed by atoms with Crippen LogP contribution in [0, 0.1) is 0 Å². The van der Waals surface area contributed by atoms with Gasteiger partial charge in [0.25, 0.3) is 11.8 Å². The van der Waals surface area contributed by atoms with Crippen LogP contribution in [0.25, 0.3) is 5.57 Å². The standard InChI is InChI=1S/C23H24N4O2S/c1-26(2)17-9-5-15(6-10-17)19(16-7-11-18(12-8-16)27(3)4)13-14-20-21(28)24-23(30)25-22(20)29/h5-14H,1-4H3,(H2,24,25,28,29,30). The lowest BCUT2D eigenvalue weighted by molar-refractivity contribution is -0.123. The third kappa shape index (κ3) is 4.75. The molecule has 0 radical (unpaired) electrons. The number of rotatable bonds is 5. The van der Waals surface area contributed by atoms with Crippen LogP contribution in [0.1, 0.15) is 11.1 Å². The first-order chi connectivity index (χ1) is 14.3. The summed E-state index contributed by atoms with van der Waals surface area (Å²) in [5.41, 5.74) is 5.02. The molecule has 6 nitrogen and oxygen atoms in total. The van der Waals surface area contributed by atoms with E-state index in [9.17, 15) is 9.59 Å². The molecule has 0 aromatic heterocycles. The molecule has 0 saturated carbocycles. The molecule has 2 N–H and O–H groups in total. The Kier molecular flexibility index (Phi) is 6.32. The first kappa shape index (κ1) is 21.3. The summed E-state index contributed by atoms with van der Waals surface area (Å²) in [6, 6.07) is 16.2. The highest BCUT2D eigenvalue weighted by Crippen LogP contribution is 2.27. The number of nitrogens with zero attached hydrogens (tertiary/aromatic N) is 2. The minimum atomic E-state index is -0.509. The van der Waals surface area contributed by atoms with E-state index in [1.54, 1.807) is 6.08 Å². The van der Waals surface area contributed by atoms with Crippen molar-refractivity contribution in [2.45, 2.75) is 0 Å². The number of carbonyl (C=O) groups is 2. The van der Waals surface area contributed by atoms with E-state index in [0.717, 1.165) is 28.1 Å². The maximum Gasteiger partial charge on any atom is 0.263 e. The molecule has 3 rings (SSSR count). The van der Waals surface area contributed by atoms with Crippen LogP contribution in [0.5, 0.6) is 0 Å². The molecule has 2 aromatic carbocycles. The molecule has 2 amide bonds. The quantitative estimate of drug-likeness (QED) is 0.442. The predicted molar refractivity (Wildman–Crippen MR) is 126 cm³/mol. The number of hydrogen-bond acceptors (Lipinski definition) is 5. The van der Waals surface area contributed by atoms with Crippen molar-refractivity contribution in [3.8, 4) is 0 Å². The van der Waals surface area contributed by atoms with Crippen LogP contribution in [-0.4, -0.2) is 45.1 Å². The van der Waals surface area contributed by atoms with E-state index in [0.29, 0.717) is 0 Å². The molecule has 1 aliphatic rings. The normalized spacial score (nSPS) is 13.3. The van der Waals surface area contributed by atoms with E-state index in [2.05, 4.69) is 10.6 Å². The van der Waals surface area contributed by atoms with E-state index in [1.807, 2.05) is 86.5 Å². The van der Waals surface area contributed by atoms with Crippen molar-refractivity contribution in [1.29, 1.82) is 0 Å². The van der Waals surface area contributed by atoms with E-state index in [-0.39, 0.29) is 10.7 Å². The second-order valence-electron chi connectivity index (χ2n) is 7.28. The summed E-state index contributed by atoms with van der Waals surface area (Å²) < 4.78 is 0. The fourth-order valence-electron chi connectivity index (χ4n) is 3.03. The van der Waals surface area contributed by atoms with Crippen molar-refractivity contribution in [3.05, 3.63) is 77.4 Å². The molecule has 2 aromatic rings. The van der Waals surface area contributed by atoms with Crippen LogP contribution < -0.4 is 20.4 Å². The van der Waals surface area contributed by atoms with E-state index < -0.39 is 11.8 Å². The zero-order valence-corrected chi connectivity index (χ0v) is 18.2. The zero-order valence-electron chi connectivity index (χ0n) is 17.4. The first-order valence-electron chi connectivity index (χ1n) is 9.40. The molecule has 1 saturated heterocycles.